The highest BCUT2D eigenvalue weighted by Gasteiger charge is 2.13. The van der Waals surface area contributed by atoms with Crippen molar-refractivity contribution in [3.63, 3.8) is 0 Å². The van der Waals surface area contributed by atoms with Crippen LogP contribution in [-0.2, 0) is 6.54 Å². The molecule has 2 aromatic heterocycles. The zero-order valence-corrected chi connectivity index (χ0v) is 17.1. The summed E-state index contributed by atoms with van der Waals surface area (Å²) in [6, 6.07) is 13.7. The molecule has 31 heavy (non-hydrogen) atoms. The minimum absolute atomic E-state index is 0.162. The van der Waals surface area contributed by atoms with Gasteiger partial charge in [-0.15, -0.1) is 0 Å². The van der Waals surface area contributed by atoms with Crippen LogP contribution in [0.2, 0.25) is 0 Å². The highest BCUT2D eigenvalue weighted by atomic mass is 19.1. The summed E-state index contributed by atoms with van der Waals surface area (Å²) in [5, 5.41) is 9.65. The van der Waals surface area contributed by atoms with Gasteiger partial charge in [-0.05, 0) is 47.9 Å². The monoisotopic (exact) mass is 416 g/mol. The predicted molar refractivity (Wildman–Crippen MR) is 116 cm³/mol. The van der Waals surface area contributed by atoms with E-state index in [1.165, 1.54) is 19.2 Å². The summed E-state index contributed by atoms with van der Waals surface area (Å²) in [6.45, 7) is 2.32. The number of aryl methyl sites for hydroxylation is 1. The number of methoxy groups -OCH3 is 1. The Labute approximate surface area is 179 Å². The Morgan fingerprint density at radius 2 is 1.90 bits per heavy atom. The van der Waals surface area contributed by atoms with Gasteiger partial charge >= 0.3 is 0 Å². The summed E-state index contributed by atoms with van der Waals surface area (Å²) in [5.74, 6) is -0.561. The number of nitrogens with zero attached hydrogens (tertiary/aromatic N) is 2. The number of amides is 1. The zero-order chi connectivity index (χ0) is 21.8. The van der Waals surface area contributed by atoms with Crippen LogP contribution in [0.15, 0.2) is 67.1 Å². The predicted octanol–water partition coefficient (Wildman–Crippen LogP) is 4.52. The fourth-order valence-electron chi connectivity index (χ4n) is 3.32. The smallest absolute Gasteiger partial charge is 0.255 e. The fourth-order valence-corrected chi connectivity index (χ4v) is 3.32. The van der Waals surface area contributed by atoms with E-state index in [4.69, 9.17) is 4.74 Å². The number of rotatable bonds is 6. The average molecular weight is 416 g/mol. The van der Waals surface area contributed by atoms with Crippen LogP contribution in [-0.4, -0.2) is 28.2 Å². The van der Waals surface area contributed by atoms with Crippen molar-refractivity contribution in [2.45, 2.75) is 13.5 Å². The number of H-pyrrole nitrogens is 1. The number of carbonyl (C=O) groups excluding carboxylic acids is 1. The summed E-state index contributed by atoms with van der Waals surface area (Å²) < 4.78 is 18.7. The van der Waals surface area contributed by atoms with Crippen LogP contribution in [0.5, 0.6) is 5.75 Å². The third kappa shape index (κ3) is 4.45. The first-order valence-electron chi connectivity index (χ1n) is 9.72. The van der Waals surface area contributed by atoms with Gasteiger partial charge in [0.15, 0.2) is 0 Å². The summed E-state index contributed by atoms with van der Waals surface area (Å²) in [5.41, 5.74) is 6.03. The van der Waals surface area contributed by atoms with Crippen molar-refractivity contribution in [3.8, 4) is 28.1 Å². The lowest BCUT2D eigenvalue weighted by atomic mass is 10.0. The van der Waals surface area contributed by atoms with Crippen LogP contribution >= 0.6 is 0 Å². The van der Waals surface area contributed by atoms with Crippen LogP contribution in [0.4, 0.5) is 4.39 Å². The molecule has 0 fully saturated rings. The summed E-state index contributed by atoms with van der Waals surface area (Å²) in [6.07, 6.45) is 5.48. The largest absolute Gasteiger partial charge is 0.496 e. The molecule has 0 bridgehead atoms. The molecule has 6 nitrogen and oxygen atoms in total. The van der Waals surface area contributed by atoms with E-state index < -0.39 is 11.7 Å². The highest BCUT2D eigenvalue weighted by molar-refractivity contribution is 5.96. The van der Waals surface area contributed by atoms with E-state index in [1.54, 1.807) is 6.20 Å². The Morgan fingerprint density at radius 3 is 2.61 bits per heavy atom. The van der Waals surface area contributed by atoms with Gasteiger partial charge in [-0.25, -0.2) is 4.39 Å². The van der Waals surface area contributed by atoms with Crippen molar-refractivity contribution >= 4 is 5.91 Å². The molecule has 2 N–H and O–H groups in total. The second-order valence-electron chi connectivity index (χ2n) is 7.10. The summed E-state index contributed by atoms with van der Waals surface area (Å²) in [7, 11) is 1.44. The lowest BCUT2D eigenvalue weighted by Gasteiger charge is -2.10. The number of aromatic nitrogens is 3. The number of hydrogen-bond acceptors (Lipinski definition) is 4. The lowest BCUT2D eigenvalue weighted by molar-refractivity contribution is 0.0947. The van der Waals surface area contributed by atoms with E-state index >= 15 is 0 Å². The van der Waals surface area contributed by atoms with Gasteiger partial charge in [0.1, 0.15) is 11.6 Å². The van der Waals surface area contributed by atoms with E-state index in [0.717, 1.165) is 39.6 Å². The molecule has 0 saturated heterocycles. The first-order chi connectivity index (χ1) is 15.0. The molecule has 7 heteroatoms. The van der Waals surface area contributed by atoms with Crippen molar-refractivity contribution in [1.29, 1.82) is 0 Å². The first kappa shape index (κ1) is 20.3. The molecule has 0 aliphatic carbocycles. The van der Waals surface area contributed by atoms with Crippen LogP contribution in [0.25, 0.3) is 22.4 Å². The molecule has 0 atom stereocenters. The molecular weight excluding hydrogens is 395 g/mol. The topological polar surface area (TPSA) is 79.9 Å². The van der Waals surface area contributed by atoms with Gasteiger partial charge in [0.2, 0.25) is 0 Å². The number of pyridine rings is 1. The number of hydrogen-bond donors (Lipinski definition) is 2. The maximum absolute atomic E-state index is 13.5. The molecular formula is C24H21FN4O2. The van der Waals surface area contributed by atoms with Crippen molar-refractivity contribution in [2.24, 2.45) is 0 Å². The third-order valence-electron chi connectivity index (χ3n) is 5.02. The Hall–Kier alpha value is -4.00. The Kier molecular flexibility index (Phi) is 5.75. The molecule has 0 aliphatic rings. The van der Waals surface area contributed by atoms with Gasteiger partial charge < -0.3 is 10.1 Å². The second-order valence-corrected chi connectivity index (χ2v) is 7.10. The average Bonchev–Trinajstić information content (AvgIpc) is 3.33. The maximum atomic E-state index is 13.5. The van der Waals surface area contributed by atoms with E-state index in [9.17, 15) is 9.18 Å². The van der Waals surface area contributed by atoms with Crippen LogP contribution < -0.4 is 10.1 Å². The number of aromatic amines is 1. The molecule has 0 radical (unpaired) electrons. The molecule has 2 heterocycles. The number of halogens is 1. The Bertz CT molecular complexity index is 1200. The third-order valence-corrected chi connectivity index (χ3v) is 5.02. The number of nitrogens with one attached hydrogen (secondary N) is 2. The van der Waals surface area contributed by atoms with Crippen LogP contribution in [0, 0.1) is 12.7 Å². The molecule has 1 amide bonds. The molecule has 4 aromatic rings. The highest BCUT2D eigenvalue weighted by Crippen LogP contribution is 2.27. The molecule has 0 spiro atoms. The minimum Gasteiger partial charge on any atom is -0.496 e. The SMILES string of the molecule is COc1ccc(F)cc1C(=O)NCc1ccc(-c2cc(-c3cn[nH]c3)c(C)cn2)cc1. The second kappa shape index (κ2) is 8.79. The van der Waals surface area contributed by atoms with Gasteiger partial charge in [0, 0.05) is 30.1 Å². The molecule has 0 unspecified atom stereocenters. The van der Waals surface area contributed by atoms with Crippen LogP contribution in [0.3, 0.4) is 0 Å². The minimum atomic E-state index is -0.490. The number of benzene rings is 2. The number of carbonyl (C=O) groups is 1. The standard InChI is InChI=1S/C24H21FN4O2/c1-15-11-26-22(10-20(15)18-13-28-29-14-18)17-5-3-16(4-6-17)12-27-24(30)21-9-19(25)7-8-23(21)31-2/h3-11,13-14H,12H2,1-2H3,(H,27,30)(H,28,29). The van der Waals surface area contributed by atoms with E-state index in [1.807, 2.05) is 49.6 Å². The van der Waals surface area contributed by atoms with Crippen molar-refractivity contribution in [1.82, 2.24) is 20.5 Å². The van der Waals surface area contributed by atoms with Gasteiger partial charge in [-0.3, -0.25) is 14.9 Å². The molecule has 2 aromatic carbocycles. The summed E-state index contributed by atoms with van der Waals surface area (Å²) >= 11 is 0. The first-order valence-corrected chi connectivity index (χ1v) is 9.72. The lowest BCUT2D eigenvalue weighted by Crippen LogP contribution is -2.23. The quantitative estimate of drug-likeness (QED) is 0.484. The Morgan fingerprint density at radius 1 is 1.10 bits per heavy atom. The van der Waals surface area contributed by atoms with Crippen LogP contribution in [0.1, 0.15) is 21.5 Å². The van der Waals surface area contributed by atoms with E-state index in [-0.39, 0.29) is 5.56 Å². The molecule has 0 saturated carbocycles. The van der Waals surface area contributed by atoms with Gasteiger partial charge in [0.05, 0.1) is 24.6 Å². The van der Waals surface area contributed by atoms with Gasteiger partial charge in [0.25, 0.3) is 5.91 Å². The normalized spacial score (nSPS) is 10.7. The van der Waals surface area contributed by atoms with Gasteiger partial charge in [-0.1, -0.05) is 24.3 Å². The van der Waals surface area contributed by atoms with E-state index in [2.05, 4.69) is 20.5 Å². The van der Waals surface area contributed by atoms with Crippen molar-refractivity contribution < 1.29 is 13.9 Å². The number of ether oxygens (including phenoxy) is 1. The maximum Gasteiger partial charge on any atom is 0.255 e. The Balaban J connectivity index is 1.48. The fraction of sp³-hybridized carbons (Fsp3) is 0.125. The molecule has 4 rings (SSSR count). The summed E-state index contributed by atoms with van der Waals surface area (Å²) in [4.78, 5) is 17.0. The molecule has 0 aliphatic heterocycles. The molecule has 156 valence electrons. The van der Waals surface area contributed by atoms with Gasteiger partial charge in [-0.2, -0.15) is 5.10 Å². The zero-order valence-electron chi connectivity index (χ0n) is 17.1. The van der Waals surface area contributed by atoms with Crippen molar-refractivity contribution in [3.05, 3.63) is 89.6 Å². The van der Waals surface area contributed by atoms with E-state index in [0.29, 0.717) is 12.3 Å². The van der Waals surface area contributed by atoms with Crippen molar-refractivity contribution in [2.75, 3.05) is 7.11 Å².